The number of ether oxygens (including phenoxy) is 2. The van der Waals surface area contributed by atoms with Crippen molar-refractivity contribution in [3.05, 3.63) is 59.4 Å². The molecular weight excluding hydrogens is 401 g/mol. The first kappa shape index (κ1) is 22.6. The molecule has 3 rings (SSSR count). The lowest BCUT2D eigenvalue weighted by Crippen LogP contribution is -2.47. The lowest BCUT2D eigenvalue weighted by Gasteiger charge is -2.31. The summed E-state index contributed by atoms with van der Waals surface area (Å²) in [4.78, 5) is 26.8. The van der Waals surface area contributed by atoms with Gasteiger partial charge in [-0.05, 0) is 37.1 Å². The van der Waals surface area contributed by atoms with E-state index >= 15 is 0 Å². The zero-order valence-corrected chi connectivity index (χ0v) is 17.8. The van der Waals surface area contributed by atoms with Crippen LogP contribution in [0, 0.1) is 5.82 Å². The van der Waals surface area contributed by atoms with Crippen LogP contribution in [0.3, 0.4) is 0 Å². The molecule has 8 heteroatoms. The Hall–Kier alpha value is -3.13. The minimum Gasteiger partial charge on any atom is -0.493 e. The maximum Gasteiger partial charge on any atom is 0.251 e. The van der Waals surface area contributed by atoms with Crippen LogP contribution in [0.25, 0.3) is 0 Å². The highest BCUT2D eigenvalue weighted by Gasteiger charge is 2.23. The van der Waals surface area contributed by atoms with Gasteiger partial charge in [-0.15, -0.1) is 0 Å². The summed E-state index contributed by atoms with van der Waals surface area (Å²) in [7, 11) is 3.08. The zero-order chi connectivity index (χ0) is 22.2. The number of rotatable bonds is 8. The number of nitrogens with one attached hydrogen (secondary N) is 2. The standard InChI is InChI=1S/C23H28FN3O4/c1-30-20-8-7-16(13-21(20)31-2)23(29)26-18-9-11-27(12-10-18)15-22(28)25-14-17-5-3-4-6-19(17)24/h3-8,13,18H,9-12,14-15H2,1-2H3,(H,25,28)(H,26,29). The molecule has 1 aliphatic rings. The molecule has 2 amide bonds. The number of methoxy groups -OCH3 is 2. The van der Waals surface area contributed by atoms with Crippen LogP contribution >= 0.6 is 0 Å². The summed E-state index contributed by atoms with van der Waals surface area (Å²) >= 11 is 0. The minimum absolute atomic E-state index is 0.0401. The molecule has 0 radical (unpaired) electrons. The van der Waals surface area contributed by atoms with Gasteiger partial charge in [0.2, 0.25) is 5.91 Å². The number of hydrogen-bond acceptors (Lipinski definition) is 5. The van der Waals surface area contributed by atoms with Gasteiger partial charge in [0.15, 0.2) is 11.5 Å². The smallest absolute Gasteiger partial charge is 0.251 e. The van der Waals surface area contributed by atoms with Gasteiger partial charge in [-0.1, -0.05) is 18.2 Å². The number of hydrogen-bond donors (Lipinski definition) is 2. The van der Waals surface area contributed by atoms with Crippen LogP contribution in [0.15, 0.2) is 42.5 Å². The Kier molecular flexibility index (Phi) is 7.83. The van der Waals surface area contributed by atoms with Crippen molar-refractivity contribution in [3.8, 4) is 11.5 Å². The van der Waals surface area contributed by atoms with Gasteiger partial charge in [-0.2, -0.15) is 0 Å². The third-order valence-electron chi connectivity index (χ3n) is 5.37. The Morgan fingerprint density at radius 3 is 2.45 bits per heavy atom. The van der Waals surface area contributed by atoms with Crippen LogP contribution in [0.2, 0.25) is 0 Å². The van der Waals surface area contributed by atoms with E-state index in [0.29, 0.717) is 35.7 Å². The Balaban J connectivity index is 1.42. The lowest BCUT2D eigenvalue weighted by molar-refractivity contribution is -0.122. The van der Waals surface area contributed by atoms with Gasteiger partial charge in [-0.3, -0.25) is 14.5 Å². The molecule has 2 N–H and O–H groups in total. The molecule has 166 valence electrons. The largest absolute Gasteiger partial charge is 0.493 e. The van der Waals surface area contributed by atoms with Crippen molar-refractivity contribution in [2.24, 2.45) is 0 Å². The third kappa shape index (κ3) is 6.18. The molecule has 7 nitrogen and oxygen atoms in total. The molecule has 0 saturated carbocycles. The van der Waals surface area contributed by atoms with E-state index in [4.69, 9.17) is 9.47 Å². The van der Waals surface area contributed by atoms with Gasteiger partial charge in [0.05, 0.1) is 20.8 Å². The summed E-state index contributed by atoms with van der Waals surface area (Å²) in [6.45, 7) is 1.82. The van der Waals surface area contributed by atoms with E-state index < -0.39 is 0 Å². The van der Waals surface area contributed by atoms with Gasteiger partial charge < -0.3 is 20.1 Å². The molecule has 1 heterocycles. The summed E-state index contributed by atoms with van der Waals surface area (Å²) in [6.07, 6.45) is 1.50. The third-order valence-corrected chi connectivity index (χ3v) is 5.37. The fraction of sp³-hybridized carbons (Fsp3) is 0.391. The van der Waals surface area contributed by atoms with Crippen LogP contribution in [-0.2, 0) is 11.3 Å². The first-order valence-electron chi connectivity index (χ1n) is 10.3. The van der Waals surface area contributed by atoms with E-state index in [1.165, 1.54) is 13.2 Å². The molecule has 1 saturated heterocycles. The molecule has 0 unspecified atom stereocenters. The number of piperidine rings is 1. The van der Waals surface area contributed by atoms with E-state index in [0.717, 1.165) is 12.8 Å². The topological polar surface area (TPSA) is 79.9 Å². The van der Waals surface area contributed by atoms with Crippen molar-refractivity contribution in [2.45, 2.75) is 25.4 Å². The van der Waals surface area contributed by atoms with Crippen LogP contribution in [-0.4, -0.2) is 56.6 Å². The summed E-state index contributed by atoms with van der Waals surface area (Å²) < 4.78 is 24.1. The zero-order valence-electron chi connectivity index (χ0n) is 17.8. The Bertz CT molecular complexity index is 913. The van der Waals surface area contributed by atoms with Gasteiger partial charge in [0, 0.05) is 36.8 Å². The molecule has 2 aromatic carbocycles. The molecule has 2 aromatic rings. The molecule has 0 aromatic heterocycles. The normalized spacial score (nSPS) is 14.7. The monoisotopic (exact) mass is 429 g/mol. The molecule has 31 heavy (non-hydrogen) atoms. The van der Waals surface area contributed by atoms with E-state index in [-0.39, 0.29) is 36.8 Å². The Labute approximate surface area is 181 Å². The first-order chi connectivity index (χ1) is 15.0. The van der Waals surface area contributed by atoms with Crippen molar-refractivity contribution >= 4 is 11.8 Å². The summed E-state index contributed by atoms with van der Waals surface area (Å²) in [5.74, 6) is 0.443. The predicted octanol–water partition coefficient (Wildman–Crippen LogP) is 2.35. The van der Waals surface area contributed by atoms with Gasteiger partial charge in [-0.25, -0.2) is 4.39 Å². The molecular formula is C23H28FN3O4. The SMILES string of the molecule is COc1ccc(C(=O)NC2CCN(CC(=O)NCc3ccccc3F)CC2)cc1OC. The number of amides is 2. The molecule has 0 aliphatic carbocycles. The quantitative estimate of drug-likeness (QED) is 0.674. The maximum absolute atomic E-state index is 13.6. The number of nitrogens with zero attached hydrogens (tertiary/aromatic N) is 1. The summed E-state index contributed by atoms with van der Waals surface area (Å²) in [6, 6.07) is 11.5. The molecule has 1 fully saturated rings. The van der Waals surface area contributed by atoms with E-state index in [9.17, 15) is 14.0 Å². The fourth-order valence-electron chi connectivity index (χ4n) is 3.58. The van der Waals surface area contributed by atoms with Crippen molar-refractivity contribution in [1.29, 1.82) is 0 Å². The van der Waals surface area contributed by atoms with Crippen LogP contribution in [0.4, 0.5) is 4.39 Å². The second kappa shape index (κ2) is 10.8. The number of carbonyl (C=O) groups is 2. The van der Waals surface area contributed by atoms with E-state index in [1.54, 1.807) is 43.5 Å². The molecule has 1 aliphatic heterocycles. The first-order valence-corrected chi connectivity index (χ1v) is 10.3. The van der Waals surface area contributed by atoms with E-state index in [2.05, 4.69) is 10.6 Å². The summed E-state index contributed by atoms with van der Waals surface area (Å²) in [5, 5.41) is 5.81. The molecule has 0 atom stereocenters. The van der Waals surface area contributed by atoms with Crippen LogP contribution < -0.4 is 20.1 Å². The lowest BCUT2D eigenvalue weighted by atomic mass is 10.0. The van der Waals surface area contributed by atoms with Crippen LogP contribution in [0.1, 0.15) is 28.8 Å². The molecule has 0 spiro atoms. The fourth-order valence-corrected chi connectivity index (χ4v) is 3.58. The number of benzene rings is 2. The van der Waals surface area contributed by atoms with Crippen molar-refractivity contribution in [2.75, 3.05) is 33.9 Å². The second-order valence-electron chi connectivity index (χ2n) is 7.46. The second-order valence-corrected chi connectivity index (χ2v) is 7.46. The van der Waals surface area contributed by atoms with Crippen molar-refractivity contribution in [3.63, 3.8) is 0 Å². The van der Waals surface area contributed by atoms with E-state index in [1.807, 2.05) is 4.90 Å². The average molecular weight is 429 g/mol. The van der Waals surface area contributed by atoms with Gasteiger partial charge in [0.1, 0.15) is 5.82 Å². The number of halogens is 1. The molecule has 0 bridgehead atoms. The van der Waals surface area contributed by atoms with Gasteiger partial charge >= 0.3 is 0 Å². The Morgan fingerprint density at radius 2 is 1.77 bits per heavy atom. The average Bonchev–Trinajstić information content (AvgIpc) is 2.79. The van der Waals surface area contributed by atoms with Crippen LogP contribution in [0.5, 0.6) is 11.5 Å². The van der Waals surface area contributed by atoms with Gasteiger partial charge in [0.25, 0.3) is 5.91 Å². The maximum atomic E-state index is 13.6. The Morgan fingerprint density at radius 1 is 1.06 bits per heavy atom. The number of carbonyl (C=O) groups excluding carboxylic acids is 2. The highest BCUT2D eigenvalue weighted by atomic mass is 19.1. The highest BCUT2D eigenvalue weighted by molar-refractivity contribution is 5.95. The highest BCUT2D eigenvalue weighted by Crippen LogP contribution is 2.27. The van der Waals surface area contributed by atoms with Crippen molar-refractivity contribution in [1.82, 2.24) is 15.5 Å². The van der Waals surface area contributed by atoms with Crippen molar-refractivity contribution < 1.29 is 23.5 Å². The number of likely N-dealkylation sites (tertiary alicyclic amines) is 1. The minimum atomic E-state index is -0.325. The predicted molar refractivity (Wildman–Crippen MR) is 115 cm³/mol. The summed E-state index contributed by atoms with van der Waals surface area (Å²) in [5.41, 5.74) is 0.972.